The zero-order valence-corrected chi connectivity index (χ0v) is 11.8. The monoisotopic (exact) mass is 298 g/mol. The smallest absolute Gasteiger partial charge is 0.0942 e. The van der Waals surface area contributed by atoms with Crippen LogP contribution in [0.15, 0.2) is 41.8 Å². The van der Waals surface area contributed by atoms with E-state index in [9.17, 15) is 0 Å². The van der Waals surface area contributed by atoms with Crippen LogP contribution in [-0.2, 0) is 0 Å². The number of fused-ring (bicyclic) bond motifs is 1. The third-order valence-electron chi connectivity index (χ3n) is 2.63. The fraction of sp³-hybridized carbons (Fsp3) is 0.0769. The number of thiophene rings is 2. The third kappa shape index (κ3) is 2.11. The molecule has 3 rings (SSSR count). The lowest BCUT2D eigenvalue weighted by atomic mass is 10.1. The van der Waals surface area contributed by atoms with Crippen molar-refractivity contribution in [1.29, 1.82) is 0 Å². The van der Waals surface area contributed by atoms with Crippen LogP contribution < -0.4 is 0 Å². The van der Waals surface area contributed by atoms with E-state index in [1.165, 1.54) is 15.6 Å². The standard InChI is InChI=1S/C13H8Cl2S2/c14-12-6-5-11(17-12)13(15)9-7-16-10-4-2-1-3-8(9)10/h1-7,13H. The summed E-state index contributed by atoms with van der Waals surface area (Å²) in [5.41, 5.74) is 1.17. The molecule has 0 spiro atoms. The van der Waals surface area contributed by atoms with Gasteiger partial charge in [0.15, 0.2) is 0 Å². The number of hydrogen-bond donors (Lipinski definition) is 0. The van der Waals surface area contributed by atoms with Crippen LogP contribution in [0.4, 0.5) is 0 Å². The lowest BCUT2D eigenvalue weighted by Crippen LogP contribution is -1.87. The van der Waals surface area contributed by atoms with Crippen molar-refractivity contribution in [3.63, 3.8) is 0 Å². The lowest BCUT2D eigenvalue weighted by Gasteiger charge is -2.05. The maximum Gasteiger partial charge on any atom is 0.0942 e. The van der Waals surface area contributed by atoms with Crippen molar-refractivity contribution in [1.82, 2.24) is 0 Å². The van der Waals surface area contributed by atoms with E-state index in [0.717, 1.165) is 9.21 Å². The maximum atomic E-state index is 6.52. The fourth-order valence-electron chi connectivity index (χ4n) is 1.81. The molecule has 0 bridgehead atoms. The van der Waals surface area contributed by atoms with Crippen LogP contribution in [0.25, 0.3) is 10.1 Å². The highest BCUT2D eigenvalue weighted by atomic mass is 35.5. The van der Waals surface area contributed by atoms with Crippen LogP contribution >= 0.6 is 45.9 Å². The molecule has 0 radical (unpaired) electrons. The Labute approximate surface area is 117 Å². The van der Waals surface area contributed by atoms with Gasteiger partial charge in [-0.2, -0.15) is 0 Å². The van der Waals surface area contributed by atoms with Gasteiger partial charge in [-0.05, 0) is 34.5 Å². The molecular weight excluding hydrogens is 291 g/mol. The summed E-state index contributed by atoms with van der Waals surface area (Å²) in [6.45, 7) is 0. The van der Waals surface area contributed by atoms with Gasteiger partial charge in [-0.15, -0.1) is 34.3 Å². The number of halogens is 2. The molecule has 2 aromatic heterocycles. The van der Waals surface area contributed by atoms with Crippen LogP contribution in [0.3, 0.4) is 0 Å². The second kappa shape index (κ2) is 4.62. The molecule has 0 fully saturated rings. The predicted octanol–water partition coefficient (Wildman–Crippen LogP) is 5.94. The molecule has 1 unspecified atom stereocenters. The van der Waals surface area contributed by atoms with E-state index in [1.54, 1.807) is 22.7 Å². The number of benzene rings is 1. The minimum atomic E-state index is -0.108. The zero-order valence-electron chi connectivity index (χ0n) is 8.69. The predicted molar refractivity (Wildman–Crippen MR) is 78.9 cm³/mol. The highest BCUT2D eigenvalue weighted by molar-refractivity contribution is 7.17. The van der Waals surface area contributed by atoms with Gasteiger partial charge in [0, 0.05) is 9.58 Å². The van der Waals surface area contributed by atoms with E-state index < -0.39 is 0 Å². The normalized spacial score (nSPS) is 13.1. The van der Waals surface area contributed by atoms with Gasteiger partial charge in [0.05, 0.1) is 9.71 Å². The van der Waals surface area contributed by atoms with Gasteiger partial charge >= 0.3 is 0 Å². The topological polar surface area (TPSA) is 0 Å². The average Bonchev–Trinajstić information content (AvgIpc) is 2.94. The molecule has 0 amide bonds. The summed E-state index contributed by atoms with van der Waals surface area (Å²) in [6, 6.07) is 12.2. The molecule has 0 N–H and O–H groups in total. The van der Waals surface area contributed by atoms with Crippen molar-refractivity contribution in [3.05, 3.63) is 56.6 Å². The third-order valence-corrected chi connectivity index (χ3v) is 5.51. The lowest BCUT2D eigenvalue weighted by molar-refractivity contribution is 1.22. The number of alkyl halides is 1. The molecule has 0 aliphatic heterocycles. The van der Waals surface area contributed by atoms with Crippen LogP contribution in [-0.4, -0.2) is 0 Å². The summed E-state index contributed by atoms with van der Waals surface area (Å²) in [5.74, 6) is 0. The minimum absolute atomic E-state index is 0.108. The van der Waals surface area contributed by atoms with Crippen LogP contribution in [0.5, 0.6) is 0 Å². The second-order valence-electron chi connectivity index (χ2n) is 3.69. The highest BCUT2D eigenvalue weighted by Crippen LogP contribution is 2.40. The van der Waals surface area contributed by atoms with Crippen molar-refractivity contribution in [2.24, 2.45) is 0 Å². The molecule has 1 atom stereocenters. The summed E-state index contributed by atoms with van der Waals surface area (Å²) in [6.07, 6.45) is 0. The average molecular weight is 299 g/mol. The van der Waals surface area contributed by atoms with E-state index in [-0.39, 0.29) is 5.38 Å². The molecule has 17 heavy (non-hydrogen) atoms. The van der Waals surface area contributed by atoms with Gasteiger partial charge in [0.2, 0.25) is 0 Å². The van der Waals surface area contributed by atoms with Crippen molar-refractivity contribution >= 4 is 56.0 Å². The molecule has 0 saturated heterocycles. The Morgan fingerprint density at radius 3 is 2.65 bits per heavy atom. The minimum Gasteiger partial charge on any atom is -0.143 e. The van der Waals surface area contributed by atoms with Gasteiger partial charge in [-0.3, -0.25) is 0 Å². The molecule has 86 valence electrons. The number of rotatable bonds is 2. The largest absolute Gasteiger partial charge is 0.143 e. The second-order valence-corrected chi connectivity index (χ2v) is 6.79. The Morgan fingerprint density at radius 2 is 1.88 bits per heavy atom. The summed E-state index contributed by atoms with van der Waals surface area (Å²) in [4.78, 5) is 1.10. The Kier molecular flexibility index (Phi) is 3.14. The van der Waals surface area contributed by atoms with E-state index in [2.05, 4.69) is 17.5 Å². The molecule has 3 aromatic rings. The molecule has 0 aliphatic rings. The summed E-state index contributed by atoms with van der Waals surface area (Å²) in [5, 5.41) is 3.27. The van der Waals surface area contributed by atoms with Crippen LogP contribution in [0.1, 0.15) is 15.8 Å². The van der Waals surface area contributed by atoms with Crippen molar-refractivity contribution in [3.8, 4) is 0 Å². The van der Waals surface area contributed by atoms with Crippen molar-refractivity contribution in [2.45, 2.75) is 5.38 Å². The van der Waals surface area contributed by atoms with E-state index >= 15 is 0 Å². The molecule has 1 aromatic carbocycles. The zero-order chi connectivity index (χ0) is 11.8. The fourth-order valence-corrected chi connectivity index (χ4v) is 4.32. The van der Waals surface area contributed by atoms with Crippen LogP contribution in [0.2, 0.25) is 4.34 Å². The van der Waals surface area contributed by atoms with E-state index in [1.807, 2.05) is 24.3 Å². The first-order valence-electron chi connectivity index (χ1n) is 5.11. The Morgan fingerprint density at radius 1 is 1.06 bits per heavy atom. The Hall–Kier alpha value is -0.540. The van der Waals surface area contributed by atoms with E-state index in [0.29, 0.717) is 0 Å². The van der Waals surface area contributed by atoms with Gasteiger partial charge in [-0.1, -0.05) is 29.8 Å². The Balaban J connectivity index is 2.09. The summed E-state index contributed by atoms with van der Waals surface area (Å²) in [7, 11) is 0. The highest BCUT2D eigenvalue weighted by Gasteiger charge is 2.16. The first kappa shape index (κ1) is 11.5. The summed E-state index contributed by atoms with van der Waals surface area (Å²) >= 11 is 15.7. The van der Waals surface area contributed by atoms with Gasteiger partial charge in [-0.25, -0.2) is 0 Å². The molecular formula is C13H8Cl2S2. The molecule has 4 heteroatoms. The van der Waals surface area contributed by atoms with Gasteiger partial charge in [0.25, 0.3) is 0 Å². The van der Waals surface area contributed by atoms with Gasteiger partial charge in [0.1, 0.15) is 0 Å². The molecule has 0 aliphatic carbocycles. The molecule has 2 heterocycles. The van der Waals surface area contributed by atoms with E-state index in [4.69, 9.17) is 23.2 Å². The quantitative estimate of drug-likeness (QED) is 0.513. The maximum absolute atomic E-state index is 6.52. The first-order valence-corrected chi connectivity index (χ1v) is 7.62. The van der Waals surface area contributed by atoms with Gasteiger partial charge < -0.3 is 0 Å². The molecule has 0 saturated carbocycles. The van der Waals surface area contributed by atoms with Crippen molar-refractivity contribution in [2.75, 3.05) is 0 Å². The van der Waals surface area contributed by atoms with Crippen molar-refractivity contribution < 1.29 is 0 Å². The molecule has 0 nitrogen and oxygen atoms in total. The summed E-state index contributed by atoms with van der Waals surface area (Å²) < 4.78 is 2.06. The first-order chi connectivity index (χ1) is 8.25. The van der Waals surface area contributed by atoms with Crippen LogP contribution in [0, 0.1) is 0 Å². The number of hydrogen-bond acceptors (Lipinski definition) is 2. The Bertz CT molecular complexity index is 654. The SMILES string of the molecule is Clc1ccc(C(Cl)c2csc3ccccc23)s1.